The van der Waals surface area contributed by atoms with Crippen molar-refractivity contribution < 1.29 is 9.59 Å². The van der Waals surface area contributed by atoms with Gasteiger partial charge in [-0.05, 0) is 122 Å². The average Bonchev–Trinajstić information content (AvgIpc) is 4.05. The number of amides is 2. The molecule has 2 aromatic carbocycles. The van der Waals surface area contributed by atoms with Gasteiger partial charge in [-0.15, -0.1) is 15.3 Å². The van der Waals surface area contributed by atoms with Crippen LogP contribution in [0.2, 0.25) is 0 Å². The number of hydrogen-bond acceptors (Lipinski definition) is 13. The van der Waals surface area contributed by atoms with Crippen LogP contribution in [0.15, 0.2) is 96.1 Å². The SMILES string of the molecule is Cn1c(CN2CCC(c3ccc(-c4nnc5ccc(N6CCC(CN7CCN(Cc8ccc9c(c8)n(C)c(=O)n9C8CCC(=O)NC8=O)CC7)CC6)nn45)cc3)CC2)cc2c(-c3ccc(N)nc3)ccnc21. The summed E-state index contributed by atoms with van der Waals surface area (Å²) in [4.78, 5) is 56.8. The Morgan fingerprint density at radius 2 is 1.46 bits per heavy atom. The lowest BCUT2D eigenvalue weighted by Gasteiger charge is -2.39. The van der Waals surface area contributed by atoms with E-state index in [0.717, 1.165) is 159 Å². The summed E-state index contributed by atoms with van der Waals surface area (Å²) in [5, 5.41) is 17.7. The molecule has 1 unspecified atom stereocenters. The van der Waals surface area contributed by atoms with Crippen molar-refractivity contribution in [2.24, 2.45) is 20.0 Å². The van der Waals surface area contributed by atoms with Crippen LogP contribution >= 0.6 is 0 Å². The number of pyridine rings is 2. The number of benzene rings is 2. The average molecular weight is 968 g/mol. The number of piperazine rings is 1. The molecule has 4 aliphatic rings. The summed E-state index contributed by atoms with van der Waals surface area (Å²) in [5.41, 5.74) is 15.8. The van der Waals surface area contributed by atoms with Crippen molar-refractivity contribution in [1.29, 1.82) is 0 Å². The zero-order valence-corrected chi connectivity index (χ0v) is 41.0. The molecule has 8 aromatic rings. The maximum Gasteiger partial charge on any atom is 0.329 e. The van der Waals surface area contributed by atoms with Crippen LogP contribution in [0.1, 0.15) is 67.3 Å². The van der Waals surface area contributed by atoms with Gasteiger partial charge in [0.25, 0.3) is 0 Å². The molecule has 370 valence electrons. The highest BCUT2D eigenvalue weighted by atomic mass is 16.2. The van der Waals surface area contributed by atoms with Gasteiger partial charge in [-0.1, -0.05) is 30.3 Å². The third-order valence-electron chi connectivity index (χ3n) is 16.0. The standard InChI is InChI=1S/C54H61N15O3/c1-62-41(30-43-42(15-20-56-52(43)62)40-8-11-47(55)57-31-40)34-64-21-18-38(19-22-64)37-4-6-39(7-5-37)51-60-59-48-12-13-49(61-69(48)51)67-23-16-35(17-24-67)32-65-25-27-66(28-26-65)33-36-3-9-44-46(29-36)63(2)54(72)68(44)45-10-14-50(70)58-53(45)71/h3-9,11-13,15,20,29-31,35,38,45H,10,14,16-19,21-28,32-34H2,1-2H3,(H2,55,57)(H,58,70,71). The molecule has 3 N–H and O–H groups in total. The van der Waals surface area contributed by atoms with Crippen molar-refractivity contribution in [1.82, 2.24) is 63.5 Å². The molecule has 1 atom stereocenters. The molecule has 2 amide bonds. The minimum absolute atomic E-state index is 0.226. The summed E-state index contributed by atoms with van der Waals surface area (Å²) in [7, 11) is 3.86. The van der Waals surface area contributed by atoms with Gasteiger partial charge < -0.3 is 20.1 Å². The number of rotatable bonds is 11. The second-order valence-corrected chi connectivity index (χ2v) is 20.4. The van der Waals surface area contributed by atoms with E-state index in [1.807, 2.05) is 41.2 Å². The first-order chi connectivity index (χ1) is 35.1. The molecule has 4 fully saturated rings. The molecular weight excluding hydrogens is 907 g/mol. The van der Waals surface area contributed by atoms with Gasteiger partial charge in [0, 0.05) is 114 Å². The van der Waals surface area contributed by atoms with Crippen LogP contribution in [0.5, 0.6) is 0 Å². The summed E-state index contributed by atoms with van der Waals surface area (Å²) < 4.78 is 7.29. The molecule has 0 radical (unpaired) electrons. The molecule has 18 nitrogen and oxygen atoms in total. The van der Waals surface area contributed by atoms with Crippen LogP contribution in [0.3, 0.4) is 0 Å². The van der Waals surface area contributed by atoms with Crippen LogP contribution in [0.4, 0.5) is 11.6 Å². The smallest absolute Gasteiger partial charge is 0.329 e. The van der Waals surface area contributed by atoms with Crippen molar-refractivity contribution in [3.8, 4) is 22.5 Å². The van der Waals surface area contributed by atoms with Crippen molar-refractivity contribution in [3.63, 3.8) is 0 Å². The Bertz CT molecular complexity index is 3370. The molecule has 0 aliphatic carbocycles. The van der Waals surface area contributed by atoms with E-state index in [0.29, 0.717) is 24.1 Å². The highest BCUT2D eigenvalue weighted by Gasteiger charge is 2.32. The van der Waals surface area contributed by atoms with Crippen LogP contribution in [0, 0.1) is 5.92 Å². The normalized spacial score (nSPS) is 19.3. The number of carbonyl (C=O) groups excluding carboxylic acids is 2. The van der Waals surface area contributed by atoms with Crippen LogP contribution in [0.25, 0.3) is 50.2 Å². The topological polar surface area (TPSA) is 186 Å². The fourth-order valence-corrected chi connectivity index (χ4v) is 11.8. The largest absolute Gasteiger partial charge is 0.384 e. The Morgan fingerprint density at radius 3 is 2.22 bits per heavy atom. The number of fused-ring (bicyclic) bond motifs is 3. The zero-order chi connectivity index (χ0) is 49.0. The van der Waals surface area contributed by atoms with Gasteiger partial charge in [0.15, 0.2) is 11.5 Å². The van der Waals surface area contributed by atoms with E-state index in [9.17, 15) is 14.4 Å². The predicted molar refractivity (Wildman–Crippen MR) is 277 cm³/mol. The van der Waals surface area contributed by atoms with Crippen molar-refractivity contribution in [2.45, 2.75) is 63.6 Å². The highest BCUT2D eigenvalue weighted by Crippen LogP contribution is 2.34. The van der Waals surface area contributed by atoms with Gasteiger partial charge in [-0.2, -0.15) is 4.52 Å². The van der Waals surface area contributed by atoms with Gasteiger partial charge in [-0.3, -0.25) is 33.8 Å². The lowest BCUT2D eigenvalue weighted by atomic mass is 9.89. The monoisotopic (exact) mass is 968 g/mol. The van der Waals surface area contributed by atoms with Crippen molar-refractivity contribution >= 4 is 51.2 Å². The summed E-state index contributed by atoms with van der Waals surface area (Å²) >= 11 is 0. The number of imide groups is 1. The molecule has 72 heavy (non-hydrogen) atoms. The van der Waals surface area contributed by atoms with Crippen LogP contribution in [-0.2, 0) is 36.8 Å². The molecular formula is C54H61N15O3. The molecule has 4 aliphatic heterocycles. The Balaban J connectivity index is 0.618. The quantitative estimate of drug-likeness (QED) is 0.158. The number of piperidine rings is 3. The number of carbonyl (C=O) groups is 2. The fraction of sp³-hybridized carbons (Fsp3) is 0.407. The van der Waals surface area contributed by atoms with E-state index in [1.54, 1.807) is 16.2 Å². The maximum atomic E-state index is 13.3. The number of nitrogens with two attached hydrogens (primary N) is 1. The Labute approximate surface area is 417 Å². The van der Waals surface area contributed by atoms with Crippen LogP contribution < -0.4 is 21.6 Å². The maximum absolute atomic E-state index is 13.3. The van der Waals surface area contributed by atoms with E-state index in [-0.39, 0.29) is 18.0 Å². The molecule has 12 rings (SSSR count). The minimum Gasteiger partial charge on any atom is -0.384 e. The predicted octanol–water partition coefficient (Wildman–Crippen LogP) is 5.37. The second kappa shape index (κ2) is 19.0. The molecule has 10 heterocycles. The second-order valence-electron chi connectivity index (χ2n) is 20.4. The first-order valence-electron chi connectivity index (χ1n) is 25.5. The Hall–Kier alpha value is -7.28. The van der Waals surface area contributed by atoms with Gasteiger partial charge in [0.1, 0.15) is 23.3 Å². The molecule has 0 spiro atoms. The molecule has 0 saturated carbocycles. The minimum atomic E-state index is -0.680. The number of imidazole rings is 1. The van der Waals surface area contributed by atoms with E-state index in [1.165, 1.54) is 11.3 Å². The molecule has 6 aromatic heterocycles. The molecule has 18 heteroatoms. The first kappa shape index (κ1) is 45.8. The lowest BCUT2D eigenvalue weighted by molar-refractivity contribution is -0.135. The van der Waals surface area contributed by atoms with Gasteiger partial charge >= 0.3 is 5.69 Å². The zero-order valence-electron chi connectivity index (χ0n) is 41.0. The fourth-order valence-electron chi connectivity index (χ4n) is 11.8. The Morgan fingerprint density at radius 1 is 0.694 bits per heavy atom. The van der Waals surface area contributed by atoms with E-state index >= 15 is 0 Å². The van der Waals surface area contributed by atoms with Gasteiger partial charge in [-0.25, -0.2) is 14.8 Å². The highest BCUT2D eigenvalue weighted by molar-refractivity contribution is 6.00. The first-order valence-corrected chi connectivity index (χ1v) is 25.5. The number of nitrogen functional groups attached to an aromatic ring is 1. The number of likely N-dealkylation sites (tertiary alicyclic amines) is 1. The van der Waals surface area contributed by atoms with E-state index < -0.39 is 11.9 Å². The number of aryl methyl sites for hydroxylation is 2. The number of anilines is 2. The molecule has 0 bridgehead atoms. The lowest BCUT2D eigenvalue weighted by Crippen LogP contribution is -2.48. The third-order valence-corrected chi connectivity index (χ3v) is 16.0. The van der Waals surface area contributed by atoms with Gasteiger partial charge in [0.05, 0.1) is 11.0 Å². The molecule has 4 saturated heterocycles. The number of nitrogens with zero attached hydrogens (tertiary/aromatic N) is 13. The number of aromatic nitrogens is 9. The summed E-state index contributed by atoms with van der Waals surface area (Å²) in [5.74, 6) is 2.68. The van der Waals surface area contributed by atoms with Crippen molar-refractivity contribution in [2.75, 3.05) is 69.5 Å². The van der Waals surface area contributed by atoms with E-state index in [4.69, 9.17) is 15.8 Å². The number of nitrogens with one attached hydrogen (secondary N) is 1. The third kappa shape index (κ3) is 8.81. The Kier molecular flexibility index (Phi) is 12.1. The number of hydrogen-bond donors (Lipinski definition) is 2. The van der Waals surface area contributed by atoms with Crippen LogP contribution in [-0.4, -0.2) is 129 Å². The summed E-state index contributed by atoms with van der Waals surface area (Å²) in [6.07, 6.45) is 8.72. The van der Waals surface area contributed by atoms with Crippen molar-refractivity contribution in [3.05, 3.63) is 119 Å². The summed E-state index contributed by atoms with van der Waals surface area (Å²) in [6.45, 7) is 10.8. The van der Waals surface area contributed by atoms with Gasteiger partial charge in [0.2, 0.25) is 11.8 Å². The van der Waals surface area contributed by atoms with E-state index in [2.05, 4.69) is 106 Å². The summed E-state index contributed by atoms with van der Waals surface area (Å²) in [6, 6.07) is 26.6.